The van der Waals surface area contributed by atoms with Crippen LogP contribution < -0.4 is 9.47 Å². The first kappa shape index (κ1) is 33.5. The summed E-state index contributed by atoms with van der Waals surface area (Å²) >= 11 is 0. The maximum Gasteiger partial charge on any atom is 0.155 e. The number of hydrogen-bond acceptors (Lipinski definition) is 4. The lowest BCUT2D eigenvalue weighted by Crippen LogP contribution is -2.23. The highest BCUT2D eigenvalue weighted by Gasteiger charge is 2.18. The van der Waals surface area contributed by atoms with Crippen LogP contribution in [-0.4, -0.2) is 40.3 Å². The fraction of sp³-hybridized carbons (Fsp3) is 0.316. The molecule has 0 aliphatic rings. The fourth-order valence-corrected chi connectivity index (χ4v) is 5.98. The van der Waals surface area contributed by atoms with E-state index >= 15 is 0 Å². The van der Waals surface area contributed by atoms with Crippen LogP contribution in [0.4, 0.5) is 0 Å². The van der Waals surface area contributed by atoms with E-state index in [0.29, 0.717) is 13.0 Å². The molecule has 3 aromatic rings. The van der Waals surface area contributed by atoms with Gasteiger partial charge in [0.05, 0.1) is 28.0 Å². The first-order valence-electron chi connectivity index (χ1n) is 15.1. The molecule has 0 spiro atoms. The minimum absolute atomic E-state index is 0.153. The van der Waals surface area contributed by atoms with Crippen LogP contribution in [-0.2, 0) is 4.79 Å². The van der Waals surface area contributed by atoms with E-state index in [0.717, 1.165) is 40.3 Å². The summed E-state index contributed by atoms with van der Waals surface area (Å²) in [6.45, 7) is 11.9. The van der Waals surface area contributed by atoms with Crippen LogP contribution >= 0.6 is 0 Å². The fourth-order valence-electron chi connectivity index (χ4n) is 4.67. The van der Waals surface area contributed by atoms with E-state index in [4.69, 9.17) is 14.5 Å². The lowest BCUT2D eigenvalue weighted by molar-refractivity contribution is -0.115. The quantitative estimate of drug-likeness (QED) is 0.0764. The van der Waals surface area contributed by atoms with Gasteiger partial charge in [-0.05, 0) is 42.0 Å². The molecule has 3 rings (SSSR count). The summed E-state index contributed by atoms with van der Waals surface area (Å²) in [7, 11) is 1.74. The van der Waals surface area contributed by atoms with Crippen molar-refractivity contribution in [1.82, 2.24) is 0 Å². The Morgan fingerprint density at radius 2 is 1.40 bits per heavy atom. The standard InChI is InChI=1S/C38H47NO3Si/c1-29(19-22-37(43(5,6)7)23-20-31-25-35(41-3)27-36(26-31)42-4)24-34(40)21-18-30(2)28-39-38(32-14-10-8-11-15-32)33-16-12-9-13-17-33/h8-18,20-23,25-27,29-30H,19,24,28H2,1-7H3/b21-18-,23-20+,37-22-/t29-,30-/m1/s1. The van der Waals surface area contributed by atoms with E-state index in [1.165, 1.54) is 5.20 Å². The van der Waals surface area contributed by atoms with Crippen LogP contribution in [0.15, 0.2) is 113 Å². The predicted octanol–water partition coefficient (Wildman–Crippen LogP) is 9.24. The van der Waals surface area contributed by atoms with E-state index < -0.39 is 8.07 Å². The van der Waals surface area contributed by atoms with Crippen molar-refractivity contribution in [2.45, 2.75) is 46.3 Å². The second-order valence-corrected chi connectivity index (χ2v) is 17.2. The number of ketones is 1. The number of carbonyl (C=O) groups is 1. The molecule has 0 saturated carbocycles. The van der Waals surface area contributed by atoms with Crippen molar-refractivity contribution in [3.05, 3.63) is 125 Å². The number of carbonyl (C=O) groups excluding carboxylic acids is 1. The van der Waals surface area contributed by atoms with Gasteiger partial charge in [-0.3, -0.25) is 9.79 Å². The largest absolute Gasteiger partial charge is 0.497 e. The highest BCUT2D eigenvalue weighted by molar-refractivity contribution is 6.83. The molecule has 0 aliphatic carbocycles. The Morgan fingerprint density at radius 3 is 1.91 bits per heavy atom. The zero-order valence-electron chi connectivity index (χ0n) is 26.8. The number of methoxy groups -OCH3 is 2. The van der Waals surface area contributed by atoms with Gasteiger partial charge in [0.25, 0.3) is 0 Å². The number of aliphatic imine (C=N–C) groups is 1. The molecule has 0 aliphatic heterocycles. The van der Waals surface area contributed by atoms with Gasteiger partial charge in [0.15, 0.2) is 5.78 Å². The normalized spacial score (nSPS) is 13.6. The molecular weight excluding hydrogens is 547 g/mol. The molecule has 0 saturated heterocycles. The molecule has 0 fully saturated rings. The van der Waals surface area contributed by atoms with E-state index in [9.17, 15) is 4.79 Å². The van der Waals surface area contributed by atoms with Crippen LogP contribution in [0.3, 0.4) is 0 Å². The number of nitrogens with zero attached hydrogens (tertiary/aromatic N) is 1. The van der Waals surface area contributed by atoms with Gasteiger partial charge in [-0.1, -0.05) is 124 Å². The zero-order valence-corrected chi connectivity index (χ0v) is 27.8. The maximum absolute atomic E-state index is 12.8. The van der Waals surface area contributed by atoms with Gasteiger partial charge in [0.2, 0.25) is 0 Å². The first-order chi connectivity index (χ1) is 20.6. The van der Waals surface area contributed by atoms with E-state index in [2.05, 4.69) is 76.0 Å². The SMILES string of the molecule is COc1cc(/C=C/C(=C/C[C@@H](C)CC(=O)/C=C\[C@@H](C)CN=C(c2ccccc2)c2ccccc2)[Si](C)(C)C)cc(OC)c1. The number of allylic oxidation sites excluding steroid dienone is 4. The predicted molar refractivity (Wildman–Crippen MR) is 185 cm³/mol. The highest BCUT2D eigenvalue weighted by Crippen LogP contribution is 2.25. The van der Waals surface area contributed by atoms with E-state index in [1.54, 1.807) is 20.3 Å². The molecule has 5 heteroatoms. The van der Waals surface area contributed by atoms with Crippen molar-refractivity contribution < 1.29 is 14.3 Å². The Labute approximate surface area is 259 Å². The molecule has 0 heterocycles. The summed E-state index contributed by atoms with van der Waals surface area (Å²) in [5.74, 6) is 2.11. The second kappa shape index (κ2) is 16.6. The monoisotopic (exact) mass is 593 g/mol. The summed E-state index contributed by atoms with van der Waals surface area (Å²) in [4.78, 5) is 17.8. The Hall–Kier alpha value is -3.96. The Balaban J connectivity index is 1.61. The van der Waals surface area contributed by atoms with Gasteiger partial charge in [0, 0.05) is 30.2 Å². The summed E-state index contributed by atoms with van der Waals surface area (Å²) < 4.78 is 10.8. The molecule has 226 valence electrons. The zero-order chi connectivity index (χ0) is 31.2. The Kier molecular flexibility index (Phi) is 13.0. The Bertz CT molecular complexity index is 1370. The number of ether oxygens (including phenoxy) is 2. The lowest BCUT2D eigenvalue weighted by atomic mass is 9.99. The summed E-state index contributed by atoms with van der Waals surface area (Å²) in [5, 5.41) is 1.36. The molecule has 0 unspecified atom stereocenters. The van der Waals surface area contributed by atoms with Gasteiger partial charge >= 0.3 is 0 Å². The summed E-state index contributed by atoms with van der Waals surface area (Å²) in [6.07, 6.45) is 11.8. The molecule has 3 aromatic carbocycles. The van der Waals surface area contributed by atoms with Gasteiger partial charge in [-0.15, -0.1) is 0 Å². The third-order valence-electron chi connectivity index (χ3n) is 7.23. The van der Waals surface area contributed by atoms with Crippen LogP contribution in [0.1, 0.15) is 43.4 Å². The van der Waals surface area contributed by atoms with Crippen molar-refractivity contribution in [1.29, 1.82) is 0 Å². The second-order valence-electron chi connectivity index (χ2n) is 12.2. The molecule has 0 aromatic heterocycles. The number of hydrogen-bond donors (Lipinski definition) is 0. The molecule has 0 N–H and O–H groups in total. The highest BCUT2D eigenvalue weighted by atomic mass is 28.3. The van der Waals surface area contributed by atoms with Crippen LogP contribution in [0.5, 0.6) is 11.5 Å². The first-order valence-corrected chi connectivity index (χ1v) is 18.6. The van der Waals surface area contributed by atoms with Crippen molar-refractivity contribution in [3.63, 3.8) is 0 Å². The number of rotatable bonds is 15. The Morgan fingerprint density at radius 1 is 0.837 bits per heavy atom. The van der Waals surface area contributed by atoms with Gasteiger partial charge in [-0.25, -0.2) is 0 Å². The van der Waals surface area contributed by atoms with Crippen molar-refractivity contribution in [3.8, 4) is 11.5 Å². The van der Waals surface area contributed by atoms with Crippen molar-refractivity contribution in [2.24, 2.45) is 16.8 Å². The minimum Gasteiger partial charge on any atom is -0.497 e. The topological polar surface area (TPSA) is 47.9 Å². The summed E-state index contributed by atoms with van der Waals surface area (Å²) in [6, 6.07) is 26.4. The van der Waals surface area contributed by atoms with E-state index in [-0.39, 0.29) is 17.6 Å². The third kappa shape index (κ3) is 11.3. The van der Waals surface area contributed by atoms with E-state index in [1.807, 2.05) is 60.7 Å². The van der Waals surface area contributed by atoms with Crippen LogP contribution in [0, 0.1) is 11.8 Å². The summed E-state index contributed by atoms with van der Waals surface area (Å²) in [5.41, 5.74) is 4.20. The van der Waals surface area contributed by atoms with Crippen LogP contribution in [0.25, 0.3) is 6.08 Å². The molecule has 43 heavy (non-hydrogen) atoms. The van der Waals surface area contributed by atoms with Crippen LogP contribution in [0.2, 0.25) is 19.6 Å². The molecule has 2 atom stereocenters. The average molecular weight is 594 g/mol. The van der Waals surface area contributed by atoms with Crippen molar-refractivity contribution in [2.75, 3.05) is 20.8 Å². The molecule has 0 bridgehead atoms. The molecular formula is C38H47NO3Si. The molecule has 0 amide bonds. The number of benzene rings is 3. The van der Waals surface area contributed by atoms with Gasteiger partial charge in [-0.2, -0.15) is 0 Å². The molecule has 0 radical (unpaired) electrons. The maximum atomic E-state index is 12.8. The third-order valence-corrected chi connectivity index (χ3v) is 9.33. The average Bonchev–Trinajstić information content (AvgIpc) is 3.00. The van der Waals surface area contributed by atoms with Crippen molar-refractivity contribution >= 4 is 25.6 Å². The smallest absolute Gasteiger partial charge is 0.155 e. The minimum atomic E-state index is -1.59. The van der Waals surface area contributed by atoms with Gasteiger partial charge in [0.1, 0.15) is 11.5 Å². The van der Waals surface area contributed by atoms with Gasteiger partial charge < -0.3 is 9.47 Å². The molecule has 4 nitrogen and oxygen atoms in total. The lowest BCUT2D eigenvalue weighted by Gasteiger charge is -2.19.